The van der Waals surface area contributed by atoms with Crippen molar-refractivity contribution in [3.05, 3.63) is 21.4 Å². The first-order valence-corrected chi connectivity index (χ1v) is 9.09. The Bertz CT molecular complexity index is 487. The molecule has 1 aliphatic heterocycles. The van der Waals surface area contributed by atoms with Gasteiger partial charge < -0.3 is 10.2 Å². The lowest BCUT2D eigenvalue weighted by Crippen LogP contribution is -2.43. The summed E-state index contributed by atoms with van der Waals surface area (Å²) in [5.74, 6) is 0.876. The molecule has 3 nitrogen and oxygen atoms in total. The van der Waals surface area contributed by atoms with Crippen molar-refractivity contribution in [2.24, 2.45) is 5.92 Å². The van der Waals surface area contributed by atoms with E-state index in [0.717, 1.165) is 30.9 Å². The highest BCUT2D eigenvalue weighted by atomic mass is 32.1. The Kier molecular flexibility index (Phi) is 4.65. The minimum atomic E-state index is 0.267. The highest BCUT2D eigenvalue weighted by molar-refractivity contribution is 7.14. The van der Waals surface area contributed by atoms with Crippen molar-refractivity contribution in [3.8, 4) is 0 Å². The second-order valence-corrected chi connectivity index (χ2v) is 7.87. The zero-order valence-electron chi connectivity index (χ0n) is 13.2. The average Bonchev–Trinajstić information content (AvgIpc) is 3.06. The van der Waals surface area contributed by atoms with Crippen LogP contribution in [-0.4, -0.2) is 36.5 Å². The number of carbonyl (C=O) groups excluding carboxylic acids is 1. The molecule has 1 fully saturated rings. The van der Waals surface area contributed by atoms with Crippen LogP contribution < -0.4 is 5.32 Å². The summed E-state index contributed by atoms with van der Waals surface area (Å²) in [7, 11) is 0. The minimum absolute atomic E-state index is 0.267. The van der Waals surface area contributed by atoms with Crippen LogP contribution in [0.1, 0.15) is 53.2 Å². The van der Waals surface area contributed by atoms with Gasteiger partial charge in [0.15, 0.2) is 0 Å². The number of piperidine rings is 1. The molecule has 3 rings (SSSR count). The minimum Gasteiger partial charge on any atom is -0.338 e. The van der Waals surface area contributed by atoms with Gasteiger partial charge in [-0.25, -0.2) is 0 Å². The number of nitrogens with zero attached hydrogens (tertiary/aromatic N) is 1. The first-order valence-electron chi connectivity index (χ1n) is 8.27. The van der Waals surface area contributed by atoms with Crippen LogP contribution in [0.25, 0.3) is 0 Å². The highest BCUT2D eigenvalue weighted by Gasteiger charge is 2.27. The number of hydrogen-bond acceptors (Lipinski definition) is 3. The summed E-state index contributed by atoms with van der Waals surface area (Å²) in [5.41, 5.74) is 1.43. The van der Waals surface area contributed by atoms with Gasteiger partial charge >= 0.3 is 0 Å². The van der Waals surface area contributed by atoms with E-state index in [1.54, 1.807) is 11.3 Å². The van der Waals surface area contributed by atoms with Gasteiger partial charge in [0.05, 0.1) is 4.88 Å². The van der Waals surface area contributed by atoms with Gasteiger partial charge in [0.2, 0.25) is 0 Å². The molecule has 0 saturated carbocycles. The van der Waals surface area contributed by atoms with Crippen LogP contribution in [0.5, 0.6) is 0 Å². The lowest BCUT2D eigenvalue weighted by Gasteiger charge is -2.33. The Morgan fingerprint density at radius 3 is 3.05 bits per heavy atom. The van der Waals surface area contributed by atoms with E-state index in [0.29, 0.717) is 12.0 Å². The van der Waals surface area contributed by atoms with Gasteiger partial charge in [-0.05, 0) is 56.2 Å². The number of hydrogen-bond donors (Lipinski definition) is 1. The summed E-state index contributed by atoms with van der Waals surface area (Å²) >= 11 is 1.74. The molecule has 1 N–H and O–H groups in total. The van der Waals surface area contributed by atoms with E-state index in [4.69, 9.17) is 0 Å². The standard InChI is InChI=1S/C17H26N2OS/c1-12(2)18-10-13-5-4-8-19(11-13)17(20)16-9-14-6-3-7-15(14)21-16/h9,12-13,18H,3-8,10-11H2,1-2H3. The van der Waals surface area contributed by atoms with Gasteiger partial charge in [0.1, 0.15) is 0 Å². The molecular weight excluding hydrogens is 280 g/mol. The molecule has 0 bridgehead atoms. The fraction of sp³-hybridized carbons (Fsp3) is 0.706. The molecule has 0 aromatic carbocycles. The van der Waals surface area contributed by atoms with Crippen molar-refractivity contribution in [1.82, 2.24) is 10.2 Å². The topological polar surface area (TPSA) is 32.3 Å². The number of aryl methyl sites for hydroxylation is 2. The molecule has 2 aliphatic rings. The van der Waals surface area contributed by atoms with Crippen molar-refractivity contribution >= 4 is 17.2 Å². The molecular formula is C17H26N2OS. The van der Waals surface area contributed by atoms with Crippen LogP contribution in [-0.2, 0) is 12.8 Å². The monoisotopic (exact) mass is 306 g/mol. The lowest BCUT2D eigenvalue weighted by molar-refractivity contribution is 0.0677. The predicted molar refractivity (Wildman–Crippen MR) is 88.1 cm³/mol. The maximum atomic E-state index is 12.7. The van der Waals surface area contributed by atoms with Crippen molar-refractivity contribution in [3.63, 3.8) is 0 Å². The Hall–Kier alpha value is -0.870. The van der Waals surface area contributed by atoms with Crippen molar-refractivity contribution in [2.75, 3.05) is 19.6 Å². The normalized spacial score (nSPS) is 21.9. The van der Waals surface area contributed by atoms with Crippen LogP contribution in [0.3, 0.4) is 0 Å². The molecule has 21 heavy (non-hydrogen) atoms. The molecule has 1 atom stereocenters. The number of likely N-dealkylation sites (tertiary alicyclic amines) is 1. The predicted octanol–water partition coefficient (Wildman–Crippen LogP) is 3.09. The van der Waals surface area contributed by atoms with E-state index in [-0.39, 0.29) is 5.91 Å². The van der Waals surface area contributed by atoms with E-state index in [1.807, 2.05) is 0 Å². The Morgan fingerprint density at radius 1 is 1.43 bits per heavy atom. The maximum absolute atomic E-state index is 12.7. The van der Waals surface area contributed by atoms with E-state index in [2.05, 4.69) is 30.1 Å². The van der Waals surface area contributed by atoms with Crippen LogP contribution >= 0.6 is 11.3 Å². The third-order valence-electron chi connectivity index (χ3n) is 4.58. The number of fused-ring (bicyclic) bond motifs is 1. The van der Waals surface area contributed by atoms with Gasteiger partial charge in [-0.2, -0.15) is 0 Å². The van der Waals surface area contributed by atoms with Crippen LogP contribution in [0.15, 0.2) is 6.07 Å². The first kappa shape index (κ1) is 15.0. The summed E-state index contributed by atoms with van der Waals surface area (Å²) in [6.45, 7) is 7.24. The van der Waals surface area contributed by atoms with Gasteiger partial charge in [0, 0.05) is 24.0 Å². The summed E-state index contributed by atoms with van der Waals surface area (Å²) in [5, 5.41) is 3.51. The number of rotatable bonds is 4. The number of nitrogens with one attached hydrogen (secondary N) is 1. The number of carbonyl (C=O) groups is 1. The summed E-state index contributed by atoms with van der Waals surface area (Å²) in [4.78, 5) is 17.2. The van der Waals surface area contributed by atoms with Crippen LogP contribution in [0.4, 0.5) is 0 Å². The van der Waals surface area contributed by atoms with E-state index in [9.17, 15) is 4.79 Å². The highest BCUT2D eigenvalue weighted by Crippen LogP contribution is 2.32. The summed E-state index contributed by atoms with van der Waals surface area (Å²) < 4.78 is 0. The van der Waals surface area contributed by atoms with E-state index >= 15 is 0 Å². The molecule has 1 aromatic rings. The third kappa shape index (κ3) is 3.49. The zero-order valence-corrected chi connectivity index (χ0v) is 14.0. The molecule has 2 heterocycles. The van der Waals surface area contributed by atoms with Crippen molar-refractivity contribution < 1.29 is 4.79 Å². The Labute approximate surface area is 131 Å². The molecule has 1 aromatic heterocycles. The van der Waals surface area contributed by atoms with Gasteiger partial charge in [-0.1, -0.05) is 13.8 Å². The average molecular weight is 306 g/mol. The molecule has 1 aliphatic carbocycles. The molecule has 0 spiro atoms. The zero-order chi connectivity index (χ0) is 14.8. The van der Waals surface area contributed by atoms with E-state index < -0.39 is 0 Å². The van der Waals surface area contributed by atoms with Gasteiger partial charge in [0.25, 0.3) is 5.91 Å². The summed E-state index contributed by atoms with van der Waals surface area (Å²) in [6, 6.07) is 2.68. The van der Waals surface area contributed by atoms with Gasteiger partial charge in [-0.15, -0.1) is 11.3 Å². The third-order valence-corrected chi connectivity index (χ3v) is 5.80. The molecule has 116 valence electrons. The van der Waals surface area contributed by atoms with Crippen molar-refractivity contribution in [2.45, 2.75) is 52.0 Å². The SMILES string of the molecule is CC(C)NCC1CCCN(C(=O)c2cc3c(s2)CCC3)C1. The number of thiophene rings is 1. The Morgan fingerprint density at radius 2 is 2.29 bits per heavy atom. The molecule has 4 heteroatoms. The summed E-state index contributed by atoms with van der Waals surface area (Å²) in [6.07, 6.45) is 5.99. The van der Waals surface area contributed by atoms with Gasteiger partial charge in [-0.3, -0.25) is 4.79 Å². The Balaban J connectivity index is 1.61. The molecule has 1 unspecified atom stereocenters. The molecule has 0 radical (unpaired) electrons. The second kappa shape index (κ2) is 6.49. The fourth-order valence-electron chi connectivity index (χ4n) is 3.41. The largest absolute Gasteiger partial charge is 0.338 e. The number of amides is 1. The van der Waals surface area contributed by atoms with E-state index in [1.165, 1.54) is 36.1 Å². The smallest absolute Gasteiger partial charge is 0.263 e. The fourth-order valence-corrected chi connectivity index (χ4v) is 4.63. The van der Waals surface area contributed by atoms with Crippen molar-refractivity contribution in [1.29, 1.82) is 0 Å². The second-order valence-electron chi connectivity index (χ2n) is 6.73. The molecule has 1 amide bonds. The van der Waals surface area contributed by atoms with Crippen LogP contribution in [0, 0.1) is 5.92 Å². The maximum Gasteiger partial charge on any atom is 0.263 e. The van der Waals surface area contributed by atoms with Crippen LogP contribution in [0.2, 0.25) is 0 Å². The first-order chi connectivity index (χ1) is 10.1. The lowest BCUT2D eigenvalue weighted by atomic mass is 9.97. The quantitative estimate of drug-likeness (QED) is 0.927. The molecule has 1 saturated heterocycles.